The lowest BCUT2D eigenvalue weighted by atomic mass is 10.3. The largest absolute Gasteiger partial charge is 0.412 e. The highest BCUT2D eigenvalue weighted by molar-refractivity contribution is 7.89. The Morgan fingerprint density at radius 2 is 2.08 bits per heavy atom. The lowest BCUT2D eigenvalue weighted by molar-refractivity contribution is -0.136. The molecule has 6 heteroatoms. The number of carbonyl (C=O) groups is 1. The van der Waals surface area contributed by atoms with Crippen molar-refractivity contribution in [3.05, 3.63) is 11.2 Å². The molecule has 0 aliphatic heterocycles. The Balaban J connectivity index is 4.67. The fraction of sp³-hybridized carbons (Fsp3) is 0.571. The minimum Gasteiger partial charge on any atom is -0.412 e. The molecule has 0 amide bonds. The minimum absolute atomic E-state index is 0.419. The van der Waals surface area contributed by atoms with E-state index in [0.717, 1.165) is 13.0 Å². The average molecular weight is 208 g/mol. The third kappa shape index (κ3) is 5.37. The van der Waals surface area contributed by atoms with Gasteiger partial charge >= 0.3 is 16.1 Å². The van der Waals surface area contributed by atoms with Crippen LogP contribution < -0.4 is 0 Å². The van der Waals surface area contributed by atoms with Gasteiger partial charge in [-0.3, -0.25) is 9.35 Å². The van der Waals surface area contributed by atoms with Crippen LogP contribution in [0.1, 0.15) is 26.7 Å². The van der Waals surface area contributed by atoms with Gasteiger partial charge in [0.1, 0.15) is 0 Å². The monoisotopic (exact) mass is 208 g/mol. The number of esters is 1. The van der Waals surface area contributed by atoms with E-state index < -0.39 is 21.2 Å². The molecule has 0 unspecified atom stereocenters. The number of rotatable bonds is 4. The molecule has 5 nitrogen and oxygen atoms in total. The van der Waals surface area contributed by atoms with Gasteiger partial charge in [0.2, 0.25) is 5.09 Å². The smallest absolute Gasteiger partial charge is 0.328 e. The van der Waals surface area contributed by atoms with E-state index in [-0.39, 0.29) is 0 Å². The molecule has 0 atom stereocenters. The molecular formula is C7H12O5S. The van der Waals surface area contributed by atoms with Crippen LogP contribution in [-0.4, -0.2) is 18.9 Å². The molecule has 0 spiro atoms. The van der Waals surface area contributed by atoms with Gasteiger partial charge in [-0.1, -0.05) is 13.3 Å². The number of ether oxygens (including phenoxy) is 1. The molecule has 13 heavy (non-hydrogen) atoms. The maximum atomic E-state index is 10.6. The van der Waals surface area contributed by atoms with E-state index in [1.54, 1.807) is 0 Å². The second kappa shape index (κ2) is 4.98. The number of hydrogen-bond donors (Lipinski definition) is 1. The summed E-state index contributed by atoms with van der Waals surface area (Å²) in [5.41, 5.74) is 0. The quantitative estimate of drug-likeness (QED) is 0.424. The Labute approximate surface area is 77.1 Å². The van der Waals surface area contributed by atoms with E-state index in [1.807, 2.05) is 6.92 Å². The van der Waals surface area contributed by atoms with Crippen molar-refractivity contribution in [3.63, 3.8) is 0 Å². The molecule has 0 bridgehead atoms. The van der Waals surface area contributed by atoms with E-state index >= 15 is 0 Å². The Bertz CT molecular complexity index is 301. The minimum atomic E-state index is -4.41. The second-order valence-corrected chi connectivity index (χ2v) is 3.73. The first-order valence-electron chi connectivity index (χ1n) is 3.74. The van der Waals surface area contributed by atoms with Crippen LogP contribution in [0.4, 0.5) is 0 Å². The maximum Gasteiger partial charge on any atom is 0.328 e. The molecule has 0 aromatic rings. The zero-order chi connectivity index (χ0) is 10.5. The first-order chi connectivity index (χ1) is 5.88. The van der Waals surface area contributed by atoms with Gasteiger partial charge in [-0.2, -0.15) is 8.42 Å². The topological polar surface area (TPSA) is 80.7 Å². The van der Waals surface area contributed by atoms with Gasteiger partial charge in [0.15, 0.2) is 0 Å². The summed E-state index contributed by atoms with van der Waals surface area (Å²) >= 11 is 0. The zero-order valence-electron chi connectivity index (χ0n) is 7.48. The molecule has 0 radical (unpaired) electrons. The number of carbonyl (C=O) groups excluding carboxylic acids is 1. The molecule has 76 valence electrons. The summed E-state index contributed by atoms with van der Waals surface area (Å²) in [5, 5.41) is -0.693. The van der Waals surface area contributed by atoms with Crippen LogP contribution in [0.2, 0.25) is 0 Å². The van der Waals surface area contributed by atoms with Gasteiger partial charge in [-0.25, -0.2) is 0 Å². The van der Waals surface area contributed by atoms with Crippen molar-refractivity contribution in [1.29, 1.82) is 0 Å². The third-order valence-corrected chi connectivity index (χ3v) is 1.86. The lowest BCUT2D eigenvalue weighted by Crippen LogP contribution is -2.09. The molecule has 0 aliphatic carbocycles. The Morgan fingerprint density at radius 3 is 2.38 bits per heavy atom. The van der Waals surface area contributed by atoms with Crippen LogP contribution in [0.3, 0.4) is 0 Å². The summed E-state index contributed by atoms with van der Waals surface area (Å²) in [4.78, 5) is 10.4. The predicted octanol–water partition coefficient (Wildman–Crippen LogP) is 1.08. The van der Waals surface area contributed by atoms with Crippen LogP contribution in [0.5, 0.6) is 0 Å². The van der Waals surface area contributed by atoms with E-state index in [1.165, 1.54) is 0 Å². The molecule has 0 heterocycles. The van der Waals surface area contributed by atoms with Gasteiger partial charge < -0.3 is 4.74 Å². The first kappa shape index (κ1) is 12.1. The first-order valence-corrected chi connectivity index (χ1v) is 5.18. The normalized spacial score (nSPS) is 12.7. The number of hydrogen-bond acceptors (Lipinski definition) is 4. The van der Waals surface area contributed by atoms with Crippen molar-refractivity contribution in [2.75, 3.05) is 0 Å². The van der Waals surface area contributed by atoms with Crippen molar-refractivity contribution in [2.24, 2.45) is 0 Å². The Kier molecular flexibility index (Phi) is 4.64. The fourth-order valence-electron chi connectivity index (χ4n) is 0.603. The lowest BCUT2D eigenvalue weighted by Gasteiger charge is -2.02. The average Bonchev–Trinajstić information content (AvgIpc) is 1.95. The SMILES string of the molecule is CCC/C=C(\OC(C)=O)S(=O)(=O)O. The Morgan fingerprint density at radius 1 is 1.54 bits per heavy atom. The van der Waals surface area contributed by atoms with Gasteiger partial charge in [0.25, 0.3) is 0 Å². The van der Waals surface area contributed by atoms with Gasteiger partial charge in [0.05, 0.1) is 0 Å². The van der Waals surface area contributed by atoms with E-state index in [4.69, 9.17) is 4.55 Å². The molecule has 0 saturated carbocycles. The van der Waals surface area contributed by atoms with Crippen LogP contribution in [0.25, 0.3) is 0 Å². The standard InChI is InChI=1S/C7H12O5S/c1-3-4-5-7(12-6(2)8)13(9,10)11/h5H,3-4H2,1-2H3,(H,9,10,11)/b7-5+. The molecule has 0 aromatic heterocycles. The second-order valence-electron chi connectivity index (χ2n) is 2.38. The molecule has 0 saturated heterocycles. The summed E-state index contributed by atoms with van der Waals surface area (Å²) < 4.78 is 34.0. The van der Waals surface area contributed by atoms with Gasteiger partial charge in [0, 0.05) is 6.92 Å². The highest BCUT2D eigenvalue weighted by Gasteiger charge is 2.16. The molecular weight excluding hydrogens is 196 g/mol. The summed E-state index contributed by atoms with van der Waals surface area (Å²) in [6, 6.07) is 0. The molecule has 0 aromatic carbocycles. The molecule has 0 rings (SSSR count). The van der Waals surface area contributed by atoms with Crippen molar-refractivity contribution in [2.45, 2.75) is 26.7 Å². The van der Waals surface area contributed by atoms with Gasteiger partial charge in [-0.05, 0) is 12.5 Å². The van der Waals surface area contributed by atoms with Crippen molar-refractivity contribution in [3.8, 4) is 0 Å². The highest BCUT2D eigenvalue weighted by Crippen LogP contribution is 2.08. The van der Waals surface area contributed by atoms with E-state index in [0.29, 0.717) is 12.8 Å². The fourth-order valence-corrected chi connectivity index (χ4v) is 1.15. The van der Waals surface area contributed by atoms with Crippen LogP contribution in [0.15, 0.2) is 11.2 Å². The van der Waals surface area contributed by atoms with Crippen LogP contribution in [-0.2, 0) is 19.6 Å². The van der Waals surface area contributed by atoms with Gasteiger partial charge in [-0.15, -0.1) is 0 Å². The maximum absolute atomic E-state index is 10.6. The van der Waals surface area contributed by atoms with E-state index in [2.05, 4.69) is 4.74 Å². The molecule has 0 fully saturated rings. The predicted molar refractivity (Wildman–Crippen MR) is 46.3 cm³/mol. The molecule has 1 N–H and O–H groups in total. The summed E-state index contributed by atoms with van der Waals surface area (Å²) in [6.45, 7) is 2.89. The number of unbranched alkanes of at least 4 members (excludes halogenated alkanes) is 1. The summed E-state index contributed by atoms with van der Waals surface area (Å²) in [6.07, 6.45) is 2.28. The molecule has 0 aliphatic rings. The van der Waals surface area contributed by atoms with Crippen LogP contribution in [0, 0.1) is 0 Å². The highest BCUT2D eigenvalue weighted by atomic mass is 32.2. The number of allylic oxidation sites excluding steroid dienone is 1. The van der Waals surface area contributed by atoms with Crippen LogP contribution >= 0.6 is 0 Å². The third-order valence-electron chi connectivity index (χ3n) is 1.10. The zero-order valence-corrected chi connectivity index (χ0v) is 8.30. The van der Waals surface area contributed by atoms with Crippen molar-refractivity contribution < 1.29 is 22.5 Å². The van der Waals surface area contributed by atoms with Crippen molar-refractivity contribution >= 4 is 16.1 Å². The van der Waals surface area contributed by atoms with E-state index in [9.17, 15) is 13.2 Å². The van der Waals surface area contributed by atoms with Crippen molar-refractivity contribution in [1.82, 2.24) is 0 Å². The summed E-state index contributed by atoms with van der Waals surface area (Å²) in [7, 11) is -4.41. The Hall–Kier alpha value is -0.880. The summed E-state index contributed by atoms with van der Waals surface area (Å²) in [5.74, 6) is -0.778.